The second-order valence-electron chi connectivity index (χ2n) is 6.80. The first-order valence-corrected chi connectivity index (χ1v) is 11.1. The van der Waals surface area contributed by atoms with E-state index in [2.05, 4.69) is 0 Å². The molecule has 1 amide bonds. The fourth-order valence-corrected chi connectivity index (χ4v) is 3.90. The number of ether oxygens (including phenoxy) is 1. The Hall–Kier alpha value is -2.67. The second kappa shape index (κ2) is 8.14. The van der Waals surface area contributed by atoms with Gasteiger partial charge in [-0.05, 0) is 60.9 Å². The number of fused-ring (bicyclic) bond motifs is 1. The van der Waals surface area contributed by atoms with Gasteiger partial charge in [-0.15, -0.1) is 0 Å². The van der Waals surface area contributed by atoms with Gasteiger partial charge in [0.1, 0.15) is 5.75 Å². The molecule has 1 heterocycles. The number of ketones is 1. The molecule has 0 aromatic heterocycles. The SMILES string of the molecule is CCC(=O)c1ccc(OCC(=O)N2CCCc3cc(S(C)(=O)=O)ccc32)cc1. The number of anilines is 1. The molecule has 0 saturated heterocycles. The Morgan fingerprint density at radius 2 is 1.82 bits per heavy atom. The molecule has 0 atom stereocenters. The zero-order chi connectivity index (χ0) is 20.3. The van der Waals surface area contributed by atoms with Gasteiger partial charge in [0.05, 0.1) is 4.90 Å². The van der Waals surface area contributed by atoms with Crippen LogP contribution in [0.15, 0.2) is 47.4 Å². The lowest BCUT2D eigenvalue weighted by atomic mass is 10.0. The van der Waals surface area contributed by atoms with Crippen LogP contribution in [0, 0.1) is 0 Å². The molecule has 0 radical (unpaired) electrons. The lowest BCUT2D eigenvalue weighted by Gasteiger charge is -2.29. The summed E-state index contributed by atoms with van der Waals surface area (Å²) in [5, 5.41) is 0. The highest BCUT2D eigenvalue weighted by atomic mass is 32.2. The number of nitrogens with zero attached hydrogens (tertiary/aromatic N) is 1. The van der Waals surface area contributed by atoms with Crippen molar-refractivity contribution in [2.75, 3.05) is 24.3 Å². The van der Waals surface area contributed by atoms with Crippen LogP contribution in [0.3, 0.4) is 0 Å². The van der Waals surface area contributed by atoms with Gasteiger partial charge in [-0.3, -0.25) is 9.59 Å². The van der Waals surface area contributed by atoms with Crippen LogP contribution in [0.2, 0.25) is 0 Å². The standard InChI is InChI=1S/C21H23NO5S/c1-3-20(23)15-6-8-17(9-7-15)27-14-21(24)22-12-4-5-16-13-18(28(2,25)26)10-11-19(16)22/h6-11,13H,3-5,12,14H2,1-2H3. The van der Waals surface area contributed by atoms with Gasteiger partial charge in [0.2, 0.25) is 0 Å². The van der Waals surface area contributed by atoms with Gasteiger partial charge in [0, 0.05) is 30.5 Å². The van der Waals surface area contributed by atoms with Gasteiger partial charge in [0.15, 0.2) is 22.2 Å². The van der Waals surface area contributed by atoms with Crippen LogP contribution in [0.25, 0.3) is 0 Å². The van der Waals surface area contributed by atoms with Crippen LogP contribution in [0.1, 0.15) is 35.7 Å². The Bertz CT molecular complexity index is 996. The molecule has 1 aliphatic rings. The first-order valence-electron chi connectivity index (χ1n) is 9.19. The van der Waals surface area contributed by atoms with E-state index in [9.17, 15) is 18.0 Å². The maximum atomic E-state index is 12.7. The van der Waals surface area contributed by atoms with Crippen molar-refractivity contribution in [1.82, 2.24) is 0 Å². The lowest BCUT2D eigenvalue weighted by Crippen LogP contribution is -2.38. The Balaban J connectivity index is 1.70. The predicted octanol–water partition coefficient (Wildman–Crippen LogP) is 3.04. The minimum atomic E-state index is -3.28. The first kappa shape index (κ1) is 20.1. The second-order valence-corrected chi connectivity index (χ2v) is 8.82. The monoisotopic (exact) mass is 401 g/mol. The quantitative estimate of drug-likeness (QED) is 0.695. The van der Waals surface area contributed by atoms with Crippen molar-refractivity contribution < 1.29 is 22.7 Å². The molecule has 0 spiro atoms. The van der Waals surface area contributed by atoms with Crippen molar-refractivity contribution >= 4 is 27.2 Å². The van der Waals surface area contributed by atoms with Crippen LogP contribution in [0.5, 0.6) is 5.75 Å². The van der Waals surface area contributed by atoms with E-state index in [4.69, 9.17) is 4.74 Å². The van der Waals surface area contributed by atoms with Crippen molar-refractivity contribution in [3.05, 3.63) is 53.6 Å². The molecule has 1 aliphatic heterocycles. The third-order valence-electron chi connectivity index (χ3n) is 4.76. The Labute approximate surface area is 165 Å². The number of carbonyl (C=O) groups excluding carboxylic acids is 2. The summed E-state index contributed by atoms with van der Waals surface area (Å²) in [4.78, 5) is 26.2. The van der Waals surface area contributed by atoms with Crippen LogP contribution in [-0.2, 0) is 21.1 Å². The number of sulfone groups is 1. The molecule has 2 aromatic rings. The van der Waals surface area contributed by atoms with E-state index in [-0.39, 0.29) is 23.2 Å². The summed E-state index contributed by atoms with van der Waals surface area (Å²) in [5.74, 6) is 0.383. The van der Waals surface area contributed by atoms with Crippen LogP contribution in [-0.4, -0.2) is 39.5 Å². The zero-order valence-electron chi connectivity index (χ0n) is 16.0. The van der Waals surface area contributed by atoms with Crippen molar-refractivity contribution in [3.63, 3.8) is 0 Å². The predicted molar refractivity (Wildman–Crippen MR) is 107 cm³/mol. The minimum absolute atomic E-state index is 0.0565. The molecule has 28 heavy (non-hydrogen) atoms. The fraction of sp³-hybridized carbons (Fsp3) is 0.333. The molecule has 0 bridgehead atoms. The summed E-state index contributed by atoms with van der Waals surface area (Å²) in [5.41, 5.74) is 2.20. The summed E-state index contributed by atoms with van der Waals surface area (Å²) in [6.07, 6.45) is 3.11. The molecule has 0 saturated carbocycles. The van der Waals surface area contributed by atoms with Crippen molar-refractivity contribution in [3.8, 4) is 5.75 Å². The van der Waals surface area contributed by atoms with Gasteiger partial charge in [0.25, 0.3) is 5.91 Å². The summed E-state index contributed by atoms with van der Waals surface area (Å²) in [6, 6.07) is 11.6. The van der Waals surface area contributed by atoms with Gasteiger partial charge in [-0.1, -0.05) is 6.92 Å². The number of amides is 1. The number of carbonyl (C=O) groups is 2. The van der Waals surface area contributed by atoms with Crippen LogP contribution in [0.4, 0.5) is 5.69 Å². The highest BCUT2D eigenvalue weighted by Crippen LogP contribution is 2.29. The molecule has 7 heteroatoms. The number of benzene rings is 2. The Kier molecular flexibility index (Phi) is 5.84. The largest absolute Gasteiger partial charge is 0.484 e. The molecule has 2 aromatic carbocycles. The van der Waals surface area contributed by atoms with E-state index in [0.29, 0.717) is 24.3 Å². The van der Waals surface area contributed by atoms with Gasteiger partial charge in [-0.2, -0.15) is 0 Å². The number of hydrogen-bond acceptors (Lipinski definition) is 5. The zero-order valence-corrected chi connectivity index (χ0v) is 16.8. The van der Waals surface area contributed by atoms with Gasteiger partial charge >= 0.3 is 0 Å². The normalized spacial score (nSPS) is 13.7. The van der Waals surface area contributed by atoms with E-state index < -0.39 is 9.84 Å². The van der Waals surface area contributed by atoms with Crippen molar-refractivity contribution in [2.45, 2.75) is 31.1 Å². The highest BCUT2D eigenvalue weighted by molar-refractivity contribution is 7.90. The van der Waals surface area contributed by atoms with E-state index in [1.165, 1.54) is 12.3 Å². The number of rotatable bonds is 6. The number of aryl methyl sites for hydroxylation is 1. The maximum absolute atomic E-state index is 12.7. The fourth-order valence-electron chi connectivity index (χ4n) is 3.23. The van der Waals surface area contributed by atoms with E-state index in [1.54, 1.807) is 48.2 Å². The van der Waals surface area contributed by atoms with E-state index >= 15 is 0 Å². The van der Waals surface area contributed by atoms with Crippen molar-refractivity contribution in [2.24, 2.45) is 0 Å². The molecule has 0 N–H and O–H groups in total. The smallest absolute Gasteiger partial charge is 0.264 e. The molecule has 0 unspecified atom stereocenters. The van der Waals surface area contributed by atoms with Crippen molar-refractivity contribution in [1.29, 1.82) is 0 Å². The number of hydrogen-bond donors (Lipinski definition) is 0. The average molecular weight is 401 g/mol. The van der Waals surface area contributed by atoms with E-state index in [0.717, 1.165) is 24.1 Å². The molecule has 6 nitrogen and oxygen atoms in total. The summed E-state index contributed by atoms with van der Waals surface area (Å²) >= 11 is 0. The molecular formula is C21H23NO5S. The van der Waals surface area contributed by atoms with E-state index in [1.807, 2.05) is 0 Å². The summed E-state index contributed by atoms with van der Waals surface area (Å²) in [6.45, 7) is 2.24. The number of Topliss-reactive ketones (excluding diaryl/α,β-unsaturated/α-hetero) is 1. The van der Waals surface area contributed by atoms with Crippen LogP contribution >= 0.6 is 0 Å². The molecule has 3 rings (SSSR count). The summed E-state index contributed by atoms with van der Waals surface area (Å²) in [7, 11) is -3.28. The first-order chi connectivity index (χ1) is 13.3. The third-order valence-corrected chi connectivity index (χ3v) is 5.87. The molecular weight excluding hydrogens is 378 g/mol. The van der Waals surface area contributed by atoms with Crippen LogP contribution < -0.4 is 9.64 Å². The average Bonchev–Trinajstić information content (AvgIpc) is 2.70. The minimum Gasteiger partial charge on any atom is -0.484 e. The third kappa shape index (κ3) is 4.42. The maximum Gasteiger partial charge on any atom is 0.264 e. The Morgan fingerprint density at radius 3 is 2.46 bits per heavy atom. The molecule has 0 aliphatic carbocycles. The highest BCUT2D eigenvalue weighted by Gasteiger charge is 2.24. The topological polar surface area (TPSA) is 80.8 Å². The lowest BCUT2D eigenvalue weighted by molar-refractivity contribution is -0.120. The van der Waals surface area contributed by atoms with Gasteiger partial charge < -0.3 is 9.64 Å². The summed E-state index contributed by atoms with van der Waals surface area (Å²) < 4.78 is 29.1. The van der Waals surface area contributed by atoms with Gasteiger partial charge in [-0.25, -0.2) is 8.42 Å². The molecule has 148 valence electrons. The molecule has 0 fully saturated rings. The Morgan fingerprint density at radius 1 is 1.11 bits per heavy atom.